The van der Waals surface area contributed by atoms with Crippen molar-refractivity contribution in [1.29, 1.82) is 0 Å². The summed E-state index contributed by atoms with van der Waals surface area (Å²) >= 11 is 1.64. The number of carbonyl (C=O) groups is 1. The van der Waals surface area contributed by atoms with Crippen LogP contribution in [0.1, 0.15) is 0 Å². The van der Waals surface area contributed by atoms with Crippen molar-refractivity contribution in [3.63, 3.8) is 0 Å². The lowest BCUT2D eigenvalue weighted by atomic mass is 10.3. The molecular formula is C16H21N5O2S. The molecule has 2 fully saturated rings. The van der Waals surface area contributed by atoms with Gasteiger partial charge in [0.2, 0.25) is 5.91 Å². The molecule has 2 aliphatic heterocycles. The second-order valence-electron chi connectivity index (χ2n) is 6.08. The van der Waals surface area contributed by atoms with Crippen LogP contribution in [0, 0.1) is 0 Å². The number of anilines is 1. The van der Waals surface area contributed by atoms with Gasteiger partial charge in [-0.3, -0.25) is 9.69 Å². The zero-order valence-corrected chi connectivity index (χ0v) is 14.4. The van der Waals surface area contributed by atoms with E-state index in [1.807, 2.05) is 17.0 Å². The van der Waals surface area contributed by atoms with E-state index in [9.17, 15) is 4.79 Å². The van der Waals surface area contributed by atoms with Crippen LogP contribution in [0.15, 0.2) is 18.3 Å². The third kappa shape index (κ3) is 3.35. The number of rotatable bonds is 3. The number of carbonyl (C=O) groups excluding carboxylic acids is 1. The van der Waals surface area contributed by atoms with Crippen molar-refractivity contribution in [2.24, 2.45) is 0 Å². The van der Waals surface area contributed by atoms with Gasteiger partial charge in [0.05, 0.1) is 19.8 Å². The van der Waals surface area contributed by atoms with Crippen LogP contribution in [0.5, 0.6) is 0 Å². The summed E-state index contributed by atoms with van der Waals surface area (Å²) in [5, 5.41) is 1.03. The maximum atomic E-state index is 12.3. The predicted molar refractivity (Wildman–Crippen MR) is 93.5 cm³/mol. The highest BCUT2D eigenvalue weighted by molar-refractivity contribution is 7.21. The molecule has 2 aromatic rings. The monoisotopic (exact) mass is 347 g/mol. The molecule has 7 nitrogen and oxygen atoms in total. The summed E-state index contributed by atoms with van der Waals surface area (Å²) in [6.45, 7) is 6.84. The minimum atomic E-state index is 0.218. The number of pyridine rings is 1. The van der Waals surface area contributed by atoms with Crippen molar-refractivity contribution in [3.05, 3.63) is 18.3 Å². The predicted octanol–water partition coefficient (Wildman–Crippen LogP) is 0.672. The summed E-state index contributed by atoms with van der Waals surface area (Å²) in [5.74, 6) is 0.218. The van der Waals surface area contributed by atoms with Gasteiger partial charge in [0.1, 0.15) is 10.3 Å². The number of thiazole rings is 1. The Hall–Kier alpha value is -1.77. The van der Waals surface area contributed by atoms with Crippen LogP contribution >= 0.6 is 11.3 Å². The van der Waals surface area contributed by atoms with Gasteiger partial charge in [0.15, 0.2) is 5.13 Å². The van der Waals surface area contributed by atoms with E-state index < -0.39 is 0 Å². The fraction of sp³-hybridized carbons (Fsp3) is 0.562. The van der Waals surface area contributed by atoms with E-state index in [0.717, 1.165) is 54.7 Å². The highest BCUT2D eigenvalue weighted by Gasteiger charge is 2.24. The van der Waals surface area contributed by atoms with Gasteiger partial charge in [0.25, 0.3) is 0 Å². The molecule has 0 unspecified atom stereocenters. The molecule has 2 aliphatic rings. The molecule has 1 amide bonds. The summed E-state index contributed by atoms with van der Waals surface area (Å²) in [6, 6.07) is 3.92. The highest BCUT2D eigenvalue weighted by atomic mass is 32.1. The molecule has 0 bridgehead atoms. The zero-order chi connectivity index (χ0) is 16.4. The summed E-state index contributed by atoms with van der Waals surface area (Å²) in [6.07, 6.45) is 1.81. The van der Waals surface area contributed by atoms with Gasteiger partial charge in [-0.25, -0.2) is 9.97 Å². The summed E-state index contributed by atoms with van der Waals surface area (Å²) in [5.41, 5.74) is 0.961. The first-order valence-electron chi connectivity index (χ1n) is 8.34. The van der Waals surface area contributed by atoms with E-state index in [-0.39, 0.29) is 5.91 Å². The first-order chi connectivity index (χ1) is 11.8. The molecule has 0 atom stereocenters. The SMILES string of the molecule is O=C(CN1CCN(c2nc3cccnc3s2)CC1)N1CCOCC1. The Bertz CT molecular complexity index is 674. The van der Waals surface area contributed by atoms with Crippen molar-refractivity contribution < 1.29 is 9.53 Å². The van der Waals surface area contributed by atoms with Crippen LogP contribution in [-0.2, 0) is 9.53 Å². The number of ether oxygens (including phenoxy) is 1. The second kappa shape index (κ2) is 7.00. The normalized spacial score (nSPS) is 19.8. The largest absolute Gasteiger partial charge is 0.378 e. The van der Waals surface area contributed by atoms with Crippen molar-refractivity contribution in [3.8, 4) is 0 Å². The molecule has 4 heterocycles. The minimum absolute atomic E-state index is 0.218. The van der Waals surface area contributed by atoms with E-state index >= 15 is 0 Å². The smallest absolute Gasteiger partial charge is 0.236 e. The third-order valence-corrected chi connectivity index (χ3v) is 5.56. The molecule has 0 spiro atoms. The number of aromatic nitrogens is 2. The molecule has 8 heteroatoms. The van der Waals surface area contributed by atoms with Crippen LogP contribution in [0.3, 0.4) is 0 Å². The zero-order valence-electron chi connectivity index (χ0n) is 13.6. The van der Waals surface area contributed by atoms with Crippen LogP contribution in [-0.4, -0.2) is 84.7 Å². The average Bonchev–Trinajstić information content (AvgIpc) is 3.07. The van der Waals surface area contributed by atoms with Gasteiger partial charge in [-0.05, 0) is 12.1 Å². The van der Waals surface area contributed by atoms with Gasteiger partial charge in [-0.1, -0.05) is 11.3 Å². The molecular weight excluding hydrogens is 326 g/mol. The van der Waals surface area contributed by atoms with E-state index in [1.165, 1.54) is 0 Å². The maximum absolute atomic E-state index is 12.3. The number of hydrogen-bond donors (Lipinski definition) is 0. The highest BCUT2D eigenvalue weighted by Crippen LogP contribution is 2.27. The third-order valence-electron chi connectivity index (χ3n) is 4.52. The van der Waals surface area contributed by atoms with Gasteiger partial charge >= 0.3 is 0 Å². The van der Waals surface area contributed by atoms with E-state index in [1.54, 1.807) is 17.5 Å². The Balaban J connectivity index is 1.32. The fourth-order valence-corrected chi connectivity index (χ4v) is 4.06. The number of hydrogen-bond acceptors (Lipinski definition) is 7. The fourth-order valence-electron chi connectivity index (χ4n) is 3.09. The van der Waals surface area contributed by atoms with Crippen molar-refractivity contribution in [2.45, 2.75) is 0 Å². The topological polar surface area (TPSA) is 61.8 Å². The molecule has 0 aromatic carbocycles. The molecule has 24 heavy (non-hydrogen) atoms. The Kier molecular flexibility index (Phi) is 4.59. The molecule has 0 aliphatic carbocycles. The van der Waals surface area contributed by atoms with Crippen molar-refractivity contribution in [1.82, 2.24) is 19.8 Å². The molecule has 128 valence electrons. The van der Waals surface area contributed by atoms with Gasteiger partial charge < -0.3 is 14.5 Å². The van der Waals surface area contributed by atoms with E-state index in [4.69, 9.17) is 4.74 Å². The summed E-state index contributed by atoms with van der Waals surface area (Å²) in [4.78, 5) is 28.8. The van der Waals surface area contributed by atoms with Crippen LogP contribution < -0.4 is 4.90 Å². The number of morpholine rings is 1. The van der Waals surface area contributed by atoms with E-state index in [0.29, 0.717) is 19.8 Å². The van der Waals surface area contributed by atoms with Gasteiger partial charge in [0, 0.05) is 45.5 Å². The molecule has 2 saturated heterocycles. The first kappa shape index (κ1) is 15.7. The number of nitrogens with zero attached hydrogens (tertiary/aromatic N) is 5. The lowest BCUT2D eigenvalue weighted by Crippen LogP contribution is -2.51. The van der Waals surface area contributed by atoms with Crippen LogP contribution in [0.4, 0.5) is 5.13 Å². The summed E-state index contributed by atoms with van der Waals surface area (Å²) in [7, 11) is 0. The average molecular weight is 347 g/mol. The Morgan fingerprint density at radius 2 is 1.96 bits per heavy atom. The Morgan fingerprint density at radius 1 is 1.17 bits per heavy atom. The number of fused-ring (bicyclic) bond motifs is 1. The Morgan fingerprint density at radius 3 is 2.71 bits per heavy atom. The molecule has 0 N–H and O–H groups in total. The minimum Gasteiger partial charge on any atom is -0.378 e. The van der Waals surface area contributed by atoms with Crippen LogP contribution in [0.25, 0.3) is 10.3 Å². The van der Waals surface area contributed by atoms with Gasteiger partial charge in [-0.15, -0.1) is 0 Å². The molecule has 4 rings (SSSR count). The second-order valence-corrected chi connectivity index (χ2v) is 7.04. The maximum Gasteiger partial charge on any atom is 0.236 e. The van der Waals surface area contributed by atoms with Crippen molar-refractivity contribution >= 4 is 32.7 Å². The molecule has 0 saturated carbocycles. The Labute approximate surface area is 144 Å². The number of amides is 1. The van der Waals surface area contributed by atoms with Gasteiger partial charge in [-0.2, -0.15) is 0 Å². The molecule has 0 radical (unpaired) electrons. The van der Waals surface area contributed by atoms with E-state index in [2.05, 4.69) is 19.8 Å². The standard InChI is InChI=1S/C16H21N5O2S/c22-14(20-8-10-23-11-9-20)12-19-4-6-21(7-5-19)16-18-13-2-1-3-17-15(13)24-16/h1-3H,4-12H2. The van der Waals surface area contributed by atoms with Crippen molar-refractivity contribution in [2.75, 3.05) is 63.9 Å². The lowest BCUT2D eigenvalue weighted by molar-refractivity contribution is -0.136. The molecule has 2 aromatic heterocycles. The quantitative estimate of drug-likeness (QED) is 0.813. The number of piperazine rings is 1. The van der Waals surface area contributed by atoms with Crippen LogP contribution in [0.2, 0.25) is 0 Å². The lowest BCUT2D eigenvalue weighted by Gasteiger charge is -2.35. The summed E-state index contributed by atoms with van der Waals surface area (Å²) < 4.78 is 5.30. The first-order valence-corrected chi connectivity index (χ1v) is 9.15.